The fourth-order valence-electron chi connectivity index (χ4n) is 1.82. The minimum Gasteiger partial charge on any atom is -0.466 e. The predicted molar refractivity (Wildman–Crippen MR) is 75.1 cm³/mol. The van der Waals surface area contributed by atoms with Crippen molar-refractivity contribution in [2.45, 2.75) is 26.3 Å². The zero-order valence-electron chi connectivity index (χ0n) is 12.0. The Morgan fingerprint density at radius 2 is 1.95 bits per heavy atom. The third kappa shape index (κ3) is 5.21. The first kappa shape index (κ1) is 16.6. The zero-order chi connectivity index (χ0) is 15.8. The van der Waals surface area contributed by atoms with Gasteiger partial charge in [-0.1, -0.05) is 6.92 Å². The molecule has 1 heterocycles. The van der Waals surface area contributed by atoms with Gasteiger partial charge in [0.05, 0.1) is 13.0 Å². The van der Waals surface area contributed by atoms with Gasteiger partial charge in [-0.25, -0.2) is 0 Å². The van der Waals surface area contributed by atoms with Crippen molar-refractivity contribution in [2.75, 3.05) is 6.61 Å². The van der Waals surface area contributed by atoms with Gasteiger partial charge in [-0.15, -0.1) is 0 Å². The number of primary amides is 1. The molecule has 3 N–H and O–H groups in total. The van der Waals surface area contributed by atoms with E-state index in [9.17, 15) is 14.4 Å². The first-order valence-corrected chi connectivity index (χ1v) is 6.61. The Morgan fingerprint density at radius 3 is 2.48 bits per heavy atom. The van der Waals surface area contributed by atoms with E-state index in [0.29, 0.717) is 5.56 Å². The van der Waals surface area contributed by atoms with E-state index in [1.165, 1.54) is 24.5 Å². The molecule has 0 fully saturated rings. The summed E-state index contributed by atoms with van der Waals surface area (Å²) in [5.41, 5.74) is 5.66. The van der Waals surface area contributed by atoms with Crippen LogP contribution in [0.25, 0.3) is 0 Å². The van der Waals surface area contributed by atoms with Crippen molar-refractivity contribution < 1.29 is 19.1 Å². The van der Waals surface area contributed by atoms with Gasteiger partial charge in [0.1, 0.15) is 6.04 Å². The second-order valence-electron chi connectivity index (χ2n) is 4.58. The largest absolute Gasteiger partial charge is 0.466 e. The molecular formula is C14H19N3O4. The number of pyridine rings is 1. The quantitative estimate of drug-likeness (QED) is 0.700. The van der Waals surface area contributed by atoms with Crippen LogP contribution in [-0.4, -0.2) is 35.4 Å². The summed E-state index contributed by atoms with van der Waals surface area (Å²) < 4.78 is 4.82. The number of esters is 1. The molecule has 0 unspecified atom stereocenters. The van der Waals surface area contributed by atoms with E-state index in [1.54, 1.807) is 13.8 Å². The molecule has 0 saturated heterocycles. The molecular weight excluding hydrogens is 274 g/mol. The molecule has 2 amide bonds. The Labute approximate surface area is 122 Å². The summed E-state index contributed by atoms with van der Waals surface area (Å²) in [5, 5.41) is 2.53. The molecule has 0 radical (unpaired) electrons. The monoisotopic (exact) mass is 293 g/mol. The van der Waals surface area contributed by atoms with Crippen molar-refractivity contribution >= 4 is 17.8 Å². The summed E-state index contributed by atoms with van der Waals surface area (Å²) in [6, 6.07) is 2.09. The minimum atomic E-state index is -0.949. The number of amides is 2. The van der Waals surface area contributed by atoms with Crippen molar-refractivity contribution in [2.24, 2.45) is 11.7 Å². The maximum absolute atomic E-state index is 12.0. The third-order valence-electron chi connectivity index (χ3n) is 2.90. The molecule has 0 aliphatic heterocycles. The van der Waals surface area contributed by atoms with E-state index in [0.717, 1.165) is 0 Å². The van der Waals surface area contributed by atoms with Gasteiger partial charge in [0.2, 0.25) is 5.91 Å². The maximum Gasteiger partial charge on any atom is 0.306 e. The fraction of sp³-hybridized carbons (Fsp3) is 0.429. The molecule has 114 valence electrons. The summed E-state index contributed by atoms with van der Waals surface area (Å²) in [6.07, 6.45) is 2.94. The molecule has 0 bridgehead atoms. The van der Waals surface area contributed by atoms with Gasteiger partial charge in [-0.3, -0.25) is 19.4 Å². The molecule has 21 heavy (non-hydrogen) atoms. The topological polar surface area (TPSA) is 111 Å². The standard InChI is InChI=1S/C14H19N3O4/c1-3-21-11(18)8-9(2)12(13(15)19)17-14(20)10-4-6-16-7-5-10/h4-7,9,12H,3,8H2,1-2H3,(H2,15,19)(H,17,20)/t9-,12-/m1/s1. The van der Waals surface area contributed by atoms with Crippen LogP contribution in [0, 0.1) is 5.92 Å². The Hall–Kier alpha value is -2.44. The number of hydrogen-bond donors (Lipinski definition) is 2. The lowest BCUT2D eigenvalue weighted by molar-refractivity contribution is -0.144. The Kier molecular flexibility index (Phi) is 6.32. The number of carbonyl (C=O) groups is 3. The molecule has 0 spiro atoms. The normalized spacial score (nSPS) is 13.0. The summed E-state index contributed by atoms with van der Waals surface area (Å²) >= 11 is 0. The lowest BCUT2D eigenvalue weighted by Crippen LogP contribution is -2.49. The van der Waals surface area contributed by atoms with E-state index in [4.69, 9.17) is 10.5 Å². The highest BCUT2D eigenvalue weighted by Crippen LogP contribution is 2.10. The second-order valence-corrected chi connectivity index (χ2v) is 4.58. The Bertz CT molecular complexity index is 504. The number of carbonyl (C=O) groups excluding carboxylic acids is 3. The van der Waals surface area contributed by atoms with Crippen molar-refractivity contribution in [3.05, 3.63) is 30.1 Å². The first-order valence-electron chi connectivity index (χ1n) is 6.61. The van der Waals surface area contributed by atoms with Crippen molar-refractivity contribution in [3.8, 4) is 0 Å². The van der Waals surface area contributed by atoms with Crippen molar-refractivity contribution in [1.82, 2.24) is 10.3 Å². The first-order chi connectivity index (χ1) is 9.95. The Morgan fingerprint density at radius 1 is 1.33 bits per heavy atom. The molecule has 0 aliphatic rings. The van der Waals surface area contributed by atoms with Gasteiger partial charge in [0.25, 0.3) is 5.91 Å². The molecule has 1 rings (SSSR count). The van der Waals surface area contributed by atoms with E-state index >= 15 is 0 Å². The molecule has 1 aromatic heterocycles. The van der Waals surface area contributed by atoms with E-state index in [2.05, 4.69) is 10.3 Å². The average Bonchev–Trinajstić information content (AvgIpc) is 2.45. The molecule has 7 heteroatoms. The molecule has 0 aliphatic carbocycles. The number of nitrogens with two attached hydrogens (primary N) is 1. The number of rotatable bonds is 7. The van der Waals surface area contributed by atoms with E-state index in [-0.39, 0.29) is 13.0 Å². The van der Waals surface area contributed by atoms with Gasteiger partial charge >= 0.3 is 5.97 Å². The third-order valence-corrected chi connectivity index (χ3v) is 2.90. The predicted octanol–water partition coefficient (Wildman–Crippen LogP) is 0.255. The molecule has 7 nitrogen and oxygen atoms in total. The van der Waals surface area contributed by atoms with Gasteiger partial charge in [-0.05, 0) is 25.0 Å². The number of nitrogens with one attached hydrogen (secondary N) is 1. The maximum atomic E-state index is 12.0. The SMILES string of the molecule is CCOC(=O)C[C@@H](C)[C@@H](NC(=O)c1ccncc1)C(N)=O. The summed E-state index contributed by atoms with van der Waals surface area (Å²) in [5.74, 6) is -2.05. The minimum absolute atomic E-state index is 0.00191. The van der Waals surface area contributed by atoms with Gasteiger partial charge in [0, 0.05) is 18.0 Å². The van der Waals surface area contributed by atoms with Crippen LogP contribution >= 0.6 is 0 Å². The van der Waals surface area contributed by atoms with E-state index in [1.807, 2.05) is 0 Å². The van der Waals surface area contributed by atoms with Gasteiger partial charge in [0.15, 0.2) is 0 Å². The highest BCUT2D eigenvalue weighted by atomic mass is 16.5. The summed E-state index contributed by atoms with van der Waals surface area (Å²) in [7, 11) is 0. The summed E-state index contributed by atoms with van der Waals surface area (Å²) in [6.45, 7) is 3.61. The van der Waals surface area contributed by atoms with Crippen molar-refractivity contribution in [3.63, 3.8) is 0 Å². The van der Waals surface area contributed by atoms with E-state index < -0.39 is 29.7 Å². The number of hydrogen-bond acceptors (Lipinski definition) is 5. The molecule has 0 aromatic carbocycles. The van der Waals surface area contributed by atoms with Crippen LogP contribution in [0.4, 0.5) is 0 Å². The average molecular weight is 293 g/mol. The second kappa shape index (κ2) is 7.98. The highest BCUT2D eigenvalue weighted by molar-refractivity contribution is 5.97. The number of aromatic nitrogens is 1. The lowest BCUT2D eigenvalue weighted by atomic mass is 9.97. The molecule has 1 aromatic rings. The van der Waals surface area contributed by atoms with Crippen LogP contribution in [0.2, 0.25) is 0 Å². The highest BCUT2D eigenvalue weighted by Gasteiger charge is 2.27. The van der Waals surface area contributed by atoms with Crippen LogP contribution in [0.1, 0.15) is 30.6 Å². The smallest absolute Gasteiger partial charge is 0.306 e. The number of nitrogens with zero attached hydrogens (tertiary/aromatic N) is 1. The van der Waals surface area contributed by atoms with Crippen LogP contribution < -0.4 is 11.1 Å². The van der Waals surface area contributed by atoms with Crippen LogP contribution in [0.5, 0.6) is 0 Å². The lowest BCUT2D eigenvalue weighted by Gasteiger charge is -2.21. The van der Waals surface area contributed by atoms with Crippen LogP contribution in [0.15, 0.2) is 24.5 Å². The van der Waals surface area contributed by atoms with Gasteiger partial charge in [-0.2, -0.15) is 0 Å². The van der Waals surface area contributed by atoms with Crippen LogP contribution in [-0.2, 0) is 14.3 Å². The Balaban J connectivity index is 2.71. The zero-order valence-corrected chi connectivity index (χ0v) is 12.0. The molecule has 0 saturated carbocycles. The van der Waals surface area contributed by atoms with Crippen LogP contribution in [0.3, 0.4) is 0 Å². The van der Waals surface area contributed by atoms with Crippen molar-refractivity contribution in [1.29, 1.82) is 0 Å². The molecule has 2 atom stereocenters. The fourth-order valence-corrected chi connectivity index (χ4v) is 1.82. The number of ether oxygens (including phenoxy) is 1. The summed E-state index contributed by atoms with van der Waals surface area (Å²) in [4.78, 5) is 38.7. The van der Waals surface area contributed by atoms with Gasteiger partial charge < -0.3 is 15.8 Å².